The SMILES string of the molecule is O=c1[nH]ccc2cc(-c3ccc4c(c3)COCCN4)ccc12. The van der Waals surface area contributed by atoms with Gasteiger partial charge in [-0.3, -0.25) is 4.79 Å². The minimum atomic E-state index is -0.0522. The molecule has 4 rings (SSSR count). The van der Waals surface area contributed by atoms with E-state index in [9.17, 15) is 4.79 Å². The summed E-state index contributed by atoms with van der Waals surface area (Å²) in [5.41, 5.74) is 4.49. The van der Waals surface area contributed by atoms with Gasteiger partial charge in [0.1, 0.15) is 0 Å². The molecule has 0 bridgehead atoms. The lowest BCUT2D eigenvalue weighted by Crippen LogP contribution is -2.04. The Morgan fingerprint density at radius 3 is 2.82 bits per heavy atom. The molecular weight excluding hydrogens is 276 g/mol. The maximum atomic E-state index is 11.8. The van der Waals surface area contributed by atoms with Crippen molar-refractivity contribution in [3.63, 3.8) is 0 Å². The summed E-state index contributed by atoms with van der Waals surface area (Å²) in [5, 5.41) is 5.03. The number of aromatic nitrogens is 1. The van der Waals surface area contributed by atoms with Crippen molar-refractivity contribution in [2.75, 3.05) is 18.5 Å². The van der Waals surface area contributed by atoms with Gasteiger partial charge in [-0.2, -0.15) is 0 Å². The second-order valence-electron chi connectivity index (χ2n) is 5.46. The van der Waals surface area contributed by atoms with Gasteiger partial charge in [-0.05, 0) is 46.8 Å². The molecular formula is C18H16N2O2. The van der Waals surface area contributed by atoms with E-state index in [0.29, 0.717) is 12.0 Å². The van der Waals surface area contributed by atoms with Crippen LogP contribution < -0.4 is 10.9 Å². The van der Waals surface area contributed by atoms with Crippen LogP contribution >= 0.6 is 0 Å². The molecule has 0 saturated heterocycles. The standard InChI is InChI=1S/C18H16N2O2/c21-18-16-3-1-12(9-14(16)5-6-20-18)13-2-4-17-15(10-13)11-22-8-7-19-17/h1-6,9-10,19H,7-8,11H2,(H,20,21). The first-order valence-electron chi connectivity index (χ1n) is 7.38. The zero-order valence-corrected chi connectivity index (χ0v) is 12.1. The summed E-state index contributed by atoms with van der Waals surface area (Å²) < 4.78 is 5.59. The van der Waals surface area contributed by atoms with E-state index in [1.807, 2.05) is 18.2 Å². The Morgan fingerprint density at radius 1 is 1.00 bits per heavy atom. The topological polar surface area (TPSA) is 54.1 Å². The number of nitrogens with one attached hydrogen (secondary N) is 2. The Morgan fingerprint density at radius 2 is 1.86 bits per heavy atom. The Hall–Kier alpha value is -2.59. The number of hydrogen-bond donors (Lipinski definition) is 2. The molecule has 110 valence electrons. The zero-order valence-electron chi connectivity index (χ0n) is 12.1. The highest BCUT2D eigenvalue weighted by Gasteiger charge is 2.09. The van der Waals surface area contributed by atoms with Crippen molar-refractivity contribution in [2.45, 2.75) is 6.61 Å². The lowest BCUT2D eigenvalue weighted by atomic mass is 9.99. The number of H-pyrrole nitrogens is 1. The van der Waals surface area contributed by atoms with Gasteiger partial charge in [-0.15, -0.1) is 0 Å². The van der Waals surface area contributed by atoms with Crippen LogP contribution in [0.3, 0.4) is 0 Å². The van der Waals surface area contributed by atoms with Gasteiger partial charge in [0.05, 0.1) is 13.2 Å². The van der Waals surface area contributed by atoms with Crippen molar-refractivity contribution in [3.8, 4) is 11.1 Å². The zero-order chi connectivity index (χ0) is 14.9. The first-order valence-corrected chi connectivity index (χ1v) is 7.38. The maximum Gasteiger partial charge on any atom is 0.255 e. The van der Waals surface area contributed by atoms with E-state index in [0.717, 1.165) is 35.4 Å². The lowest BCUT2D eigenvalue weighted by molar-refractivity contribution is 0.135. The van der Waals surface area contributed by atoms with Crippen LogP contribution in [0.1, 0.15) is 5.56 Å². The minimum absolute atomic E-state index is 0.0522. The Bertz CT molecular complexity index is 899. The van der Waals surface area contributed by atoms with Crippen molar-refractivity contribution in [2.24, 2.45) is 0 Å². The third kappa shape index (κ3) is 2.27. The van der Waals surface area contributed by atoms with Gasteiger partial charge in [0.2, 0.25) is 0 Å². The summed E-state index contributed by atoms with van der Waals surface area (Å²) in [7, 11) is 0. The van der Waals surface area contributed by atoms with Gasteiger partial charge in [0, 0.05) is 29.4 Å². The van der Waals surface area contributed by atoms with Crippen LogP contribution in [0, 0.1) is 0 Å². The average molecular weight is 292 g/mol. The average Bonchev–Trinajstić information content (AvgIpc) is 2.79. The van der Waals surface area contributed by atoms with Crippen molar-refractivity contribution in [1.29, 1.82) is 0 Å². The second kappa shape index (κ2) is 5.31. The molecule has 0 unspecified atom stereocenters. The highest BCUT2D eigenvalue weighted by Crippen LogP contribution is 2.28. The molecule has 0 aliphatic carbocycles. The molecule has 1 aliphatic heterocycles. The lowest BCUT2D eigenvalue weighted by Gasteiger charge is -2.10. The number of pyridine rings is 1. The first kappa shape index (κ1) is 13.1. The fourth-order valence-corrected chi connectivity index (χ4v) is 2.88. The van der Waals surface area contributed by atoms with E-state index >= 15 is 0 Å². The molecule has 2 aromatic carbocycles. The third-order valence-corrected chi connectivity index (χ3v) is 4.03. The number of anilines is 1. The summed E-state index contributed by atoms with van der Waals surface area (Å²) >= 11 is 0. The van der Waals surface area contributed by atoms with E-state index in [1.165, 1.54) is 5.56 Å². The fraction of sp³-hybridized carbons (Fsp3) is 0.167. The Kier molecular flexibility index (Phi) is 3.16. The fourth-order valence-electron chi connectivity index (χ4n) is 2.88. The second-order valence-corrected chi connectivity index (χ2v) is 5.46. The first-order chi connectivity index (χ1) is 10.8. The molecule has 0 atom stereocenters. The summed E-state index contributed by atoms with van der Waals surface area (Å²) in [4.78, 5) is 14.5. The molecule has 1 aliphatic rings. The van der Waals surface area contributed by atoms with Crippen LogP contribution in [-0.2, 0) is 11.3 Å². The predicted octanol–water partition coefficient (Wildman–Crippen LogP) is 3.14. The minimum Gasteiger partial charge on any atom is -0.382 e. The van der Waals surface area contributed by atoms with Gasteiger partial charge in [0.15, 0.2) is 0 Å². The Balaban J connectivity index is 1.81. The molecule has 0 amide bonds. The largest absolute Gasteiger partial charge is 0.382 e. The number of aromatic amines is 1. The summed E-state index contributed by atoms with van der Waals surface area (Å²) in [5.74, 6) is 0. The Labute approximate surface area is 127 Å². The molecule has 4 heteroatoms. The van der Waals surface area contributed by atoms with Crippen LogP contribution in [0.5, 0.6) is 0 Å². The molecule has 2 N–H and O–H groups in total. The van der Waals surface area contributed by atoms with Crippen LogP contribution in [0.25, 0.3) is 21.9 Å². The quantitative estimate of drug-likeness (QED) is 0.724. The monoisotopic (exact) mass is 292 g/mol. The van der Waals surface area contributed by atoms with Crippen LogP contribution in [-0.4, -0.2) is 18.1 Å². The molecule has 22 heavy (non-hydrogen) atoms. The van der Waals surface area contributed by atoms with E-state index in [-0.39, 0.29) is 5.56 Å². The number of fused-ring (bicyclic) bond motifs is 2. The molecule has 2 heterocycles. The highest BCUT2D eigenvalue weighted by molar-refractivity contribution is 5.86. The number of hydrogen-bond acceptors (Lipinski definition) is 3. The van der Waals surface area contributed by atoms with Crippen LogP contribution in [0.2, 0.25) is 0 Å². The summed E-state index contributed by atoms with van der Waals surface area (Å²) in [6.07, 6.45) is 1.68. The van der Waals surface area contributed by atoms with Gasteiger partial charge < -0.3 is 15.0 Å². The molecule has 0 saturated carbocycles. The smallest absolute Gasteiger partial charge is 0.255 e. The molecule has 0 spiro atoms. The normalized spacial score (nSPS) is 14.2. The summed E-state index contributed by atoms with van der Waals surface area (Å²) in [6, 6.07) is 14.2. The molecule has 4 nitrogen and oxygen atoms in total. The number of ether oxygens (including phenoxy) is 1. The van der Waals surface area contributed by atoms with Crippen molar-refractivity contribution < 1.29 is 4.74 Å². The summed E-state index contributed by atoms with van der Waals surface area (Å²) in [6.45, 7) is 2.19. The molecule has 3 aromatic rings. The number of benzene rings is 2. The molecule has 1 aromatic heterocycles. The molecule has 0 fully saturated rings. The van der Waals surface area contributed by atoms with Crippen molar-refractivity contribution in [1.82, 2.24) is 4.98 Å². The van der Waals surface area contributed by atoms with Gasteiger partial charge in [-0.1, -0.05) is 12.1 Å². The van der Waals surface area contributed by atoms with Crippen LogP contribution in [0.4, 0.5) is 5.69 Å². The van der Waals surface area contributed by atoms with Gasteiger partial charge in [-0.25, -0.2) is 0 Å². The van der Waals surface area contributed by atoms with E-state index in [2.05, 4.69) is 34.6 Å². The van der Waals surface area contributed by atoms with E-state index < -0.39 is 0 Å². The van der Waals surface area contributed by atoms with E-state index in [4.69, 9.17) is 4.74 Å². The maximum absolute atomic E-state index is 11.8. The molecule has 0 radical (unpaired) electrons. The van der Waals surface area contributed by atoms with Crippen molar-refractivity contribution in [3.05, 3.63) is 64.6 Å². The van der Waals surface area contributed by atoms with Gasteiger partial charge >= 0.3 is 0 Å². The van der Waals surface area contributed by atoms with Crippen LogP contribution in [0.15, 0.2) is 53.5 Å². The third-order valence-electron chi connectivity index (χ3n) is 4.03. The van der Waals surface area contributed by atoms with Crippen molar-refractivity contribution >= 4 is 16.5 Å². The van der Waals surface area contributed by atoms with E-state index in [1.54, 1.807) is 6.20 Å². The van der Waals surface area contributed by atoms with Gasteiger partial charge in [0.25, 0.3) is 5.56 Å². The number of rotatable bonds is 1. The predicted molar refractivity (Wildman–Crippen MR) is 88.2 cm³/mol. The highest BCUT2D eigenvalue weighted by atomic mass is 16.5.